The summed E-state index contributed by atoms with van der Waals surface area (Å²) in [6, 6.07) is 27.2. The van der Waals surface area contributed by atoms with E-state index in [2.05, 4.69) is 6.07 Å². The molecular formula is C25H18F2. The van der Waals surface area contributed by atoms with Crippen LogP contribution in [0.25, 0.3) is 33.4 Å². The van der Waals surface area contributed by atoms with Gasteiger partial charge in [0.15, 0.2) is 0 Å². The van der Waals surface area contributed by atoms with Crippen LogP contribution in [0.3, 0.4) is 0 Å². The first-order chi connectivity index (χ1) is 13.1. The molecule has 0 heterocycles. The van der Waals surface area contributed by atoms with Crippen molar-refractivity contribution >= 4 is 0 Å². The Labute approximate surface area is 157 Å². The van der Waals surface area contributed by atoms with Gasteiger partial charge in [-0.2, -0.15) is 0 Å². The van der Waals surface area contributed by atoms with Crippen molar-refractivity contribution in [3.05, 3.63) is 108 Å². The lowest BCUT2D eigenvalue weighted by atomic mass is 9.92. The minimum absolute atomic E-state index is 0.293. The lowest BCUT2D eigenvalue weighted by Crippen LogP contribution is -1.90. The quantitative estimate of drug-likeness (QED) is 0.362. The molecule has 2 heteroatoms. The van der Waals surface area contributed by atoms with Crippen LogP contribution < -0.4 is 0 Å². The van der Waals surface area contributed by atoms with Crippen molar-refractivity contribution in [1.82, 2.24) is 0 Å². The van der Waals surface area contributed by atoms with Gasteiger partial charge >= 0.3 is 0 Å². The molecule has 0 saturated heterocycles. The Morgan fingerprint density at radius 3 is 1.52 bits per heavy atom. The van der Waals surface area contributed by atoms with Gasteiger partial charge in [-0.3, -0.25) is 0 Å². The van der Waals surface area contributed by atoms with Crippen LogP contribution in [-0.2, 0) is 0 Å². The molecule has 0 saturated carbocycles. The molecule has 0 radical (unpaired) electrons. The lowest BCUT2D eigenvalue weighted by molar-refractivity contribution is 0.631. The van der Waals surface area contributed by atoms with E-state index >= 15 is 0 Å². The number of benzene rings is 4. The summed E-state index contributed by atoms with van der Waals surface area (Å²) in [5.74, 6) is -0.586. The molecule has 0 unspecified atom stereocenters. The Balaban J connectivity index is 1.97. The van der Waals surface area contributed by atoms with Crippen molar-refractivity contribution in [2.45, 2.75) is 6.92 Å². The predicted molar refractivity (Wildman–Crippen MR) is 107 cm³/mol. The SMILES string of the molecule is Cc1cccc(-c2cc(-c3ccccc3F)cc(-c3ccccc3F)c2)c1. The van der Waals surface area contributed by atoms with E-state index < -0.39 is 0 Å². The van der Waals surface area contributed by atoms with Crippen LogP contribution in [0.5, 0.6) is 0 Å². The fraction of sp³-hybridized carbons (Fsp3) is 0.0400. The smallest absolute Gasteiger partial charge is 0.131 e. The minimum atomic E-state index is -0.293. The number of hydrogen-bond acceptors (Lipinski definition) is 0. The fourth-order valence-corrected chi connectivity index (χ4v) is 3.32. The molecule has 0 amide bonds. The van der Waals surface area contributed by atoms with E-state index in [0.717, 1.165) is 27.8 Å². The molecule has 4 rings (SSSR count). The predicted octanol–water partition coefficient (Wildman–Crippen LogP) is 7.27. The van der Waals surface area contributed by atoms with Gasteiger partial charge < -0.3 is 0 Å². The highest BCUT2D eigenvalue weighted by molar-refractivity contribution is 5.81. The van der Waals surface area contributed by atoms with E-state index in [4.69, 9.17) is 0 Å². The third-order valence-corrected chi connectivity index (χ3v) is 4.65. The van der Waals surface area contributed by atoms with Gasteiger partial charge in [-0.1, -0.05) is 66.2 Å². The van der Waals surface area contributed by atoms with Crippen LogP contribution >= 0.6 is 0 Å². The highest BCUT2D eigenvalue weighted by Crippen LogP contribution is 2.34. The van der Waals surface area contributed by atoms with Gasteiger partial charge in [0.25, 0.3) is 0 Å². The molecule has 0 bridgehead atoms. The van der Waals surface area contributed by atoms with E-state index in [9.17, 15) is 8.78 Å². The highest BCUT2D eigenvalue weighted by Gasteiger charge is 2.12. The van der Waals surface area contributed by atoms with Crippen LogP contribution in [0.15, 0.2) is 91.0 Å². The van der Waals surface area contributed by atoms with Crippen LogP contribution in [0.1, 0.15) is 5.56 Å². The first kappa shape index (κ1) is 17.2. The molecule has 0 spiro atoms. The minimum Gasteiger partial charge on any atom is -0.206 e. The summed E-state index contributed by atoms with van der Waals surface area (Å²) >= 11 is 0. The Morgan fingerprint density at radius 2 is 1.00 bits per heavy atom. The maximum absolute atomic E-state index is 14.4. The summed E-state index contributed by atoms with van der Waals surface area (Å²) in [5.41, 5.74) is 5.55. The molecule has 0 aromatic heterocycles. The zero-order valence-corrected chi connectivity index (χ0v) is 14.9. The molecule has 132 valence electrons. The second-order valence-electron chi connectivity index (χ2n) is 6.63. The molecule has 4 aromatic carbocycles. The largest absolute Gasteiger partial charge is 0.206 e. The van der Waals surface area contributed by atoms with Crippen molar-refractivity contribution in [1.29, 1.82) is 0 Å². The number of hydrogen-bond donors (Lipinski definition) is 0. The topological polar surface area (TPSA) is 0 Å². The first-order valence-corrected chi connectivity index (χ1v) is 8.84. The normalized spacial score (nSPS) is 10.8. The molecule has 27 heavy (non-hydrogen) atoms. The summed E-state index contributed by atoms with van der Waals surface area (Å²) < 4.78 is 28.8. The van der Waals surface area contributed by atoms with Crippen LogP contribution in [0.4, 0.5) is 8.78 Å². The molecular weight excluding hydrogens is 338 g/mol. The van der Waals surface area contributed by atoms with Crippen LogP contribution in [0.2, 0.25) is 0 Å². The maximum atomic E-state index is 14.4. The van der Waals surface area contributed by atoms with Crippen LogP contribution in [-0.4, -0.2) is 0 Å². The van der Waals surface area contributed by atoms with Crippen molar-refractivity contribution in [2.75, 3.05) is 0 Å². The van der Waals surface area contributed by atoms with Crippen LogP contribution in [0, 0.1) is 18.6 Å². The molecule has 0 atom stereocenters. The summed E-state index contributed by atoms with van der Waals surface area (Å²) in [6.45, 7) is 2.03. The van der Waals surface area contributed by atoms with Crippen molar-refractivity contribution in [2.24, 2.45) is 0 Å². The van der Waals surface area contributed by atoms with Gasteiger partial charge in [0.2, 0.25) is 0 Å². The van der Waals surface area contributed by atoms with E-state index in [1.54, 1.807) is 36.4 Å². The standard InChI is InChI=1S/C25H18F2/c1-17-7-6-8-18(13-17)19-14-20(22-9-2-4-11-24(22)26)16-21(15-19)23-10-3-5-12-25(23)27/h2-16H,1H3. The van der Waals surface area contributed by atoms with Gasteiger partial charge in [-0.25, -0.2) is 8.78 Å². The Hall–Kier alpha value is -3.26. The third kappa shape index (κ3) is 3.52. The van der Waals surface area contributed by atoms with E-state index in [1.807, 2.05) is 43.3 Å². The summed E-state index contributed by atoms with van der Waals surface area (Å²) in [6.07, 6.45) is 0. The number of rotatable bonds is 3. The summed E-state index contributed by atoms with van der Waals surface area (Å²) in [7, 11) is 0. The average Bonchev–Trinajstić information content (AvgIpc) is 2.68. The second kappa shape index (κ2) is 7.16. The van der Waals surface area contributed by atoms with Crippen molar-refractivity contribution in [3.8, 4) is 33.4 Å². The Morgan fingerprint density at radius 1 is 0.481 bits per heavy atom. The molecule has 0 aliphatic carbocycles. The van der Waals surface area contributed by atoms with E-state index in [-0.39, 0.29) is 11.6 Å². The molecule has 4 aromatic rings. The van der Waals surface area contributed by atoms with Crippen molar-refractivity contribution in [3.63, 3.8) is 0 Å². The molecule has 0 aliphatic heterocycles. The monoisotopic (exact) mass is 356 g/mol. The van der Waals surface area contributed by atoms with Crippen molar-refractivity contribution < 1.29 is 8.78 Å². The number of halogens is 2. The molecule has 0 N–H and O–H groups in total. The van der Waals surface area contributed by atoms with Gasteiger partial charge in [0, 0.05) is 11.1 Å². The zero-order chi connectivity index (χ0) is 18.8. The van der Waals surface area contributed by atoms with Gasteiger partial charge in [0.05, 0.1) is 0 Å². The third-order valence-electron chi connectivity index (χ3n) is 4.65. The van der Waals surface area contributed by atoms with Gasteiger partial charge in [-0.05, 0) is 59.5 Å². The zero-order valence-electron chi connectivity index (χ0n) is 14.9. The molecule has 0 nitrogen and oxygen atoms in total. The van der Waals surface area contributed by atoms with Gasteiger partial charge in [-0.15, -0.1) is 0 Å². The Bertz CT molecular complexity index is 1050. The second-order valence-corrected chi connectivity index (χ2v) is 6.63. The maximum Gasteiger partial charge on any atom is 0.131 e. The van der Waals surface area contributed by atoms with E-state index in [0.29, 0.717) is 11.1 Å². The lowest BCUT2D eigenvalue weighted by Gasteiger charge is -2.12. The number of aryl methyl sites for hydroxylation is 1. The molecule has 0 fully saturated rings. The Kier molecular flexibility index (Phi) is 4.55. The average molecular weight is 356 g/mol. The fourth-order valence-electron chi connectivity index (χ4n) is 3.32. The summed E-state index contributed by atoms with van der Waals surface area (Å²) in [4.78, 5) is 0. The first-order valence-electron chi connectivity index (χ1n) is 8.84. The van der Waals surface area contributed by atoms with Gasteiger partial charge in [0.1, 0.15) is 11.6 Å². The molecule has 0 aliphatic rings. The van der Waals surface area contributed by atoms with E-state index in [1.165, 1.54) is 12.1 Å². The highest BCUT2D eigenvalue weighted by atomic mass is 19.1. The summed E-state index contributed by atoms with van der Waals surface area (Å²) in [5, 5.41) is 0.